The van der Waals surface area contributed by atoms with Gasteiger partial charge in [-0.1, -0.05) is 25.4 Å². The molecule has 4 heteroatoms. The molecule has 0 saturated heterocycles. The summed E-state index contributed by atoms with van der Waals surface area (Å²) in [7, 11) is 0. The highest BCUT2D eigenvalue weighted by Crippen LogP contribution is 2.21. The molecule has 0 aliphatic heterocycles. The molecule has 2 nitrogen and oxygen atoms in total. The molecule has 0 aliphatic rings. The monoisotopic (exact) mass is 261 g/mol. The lowest BCUT2D eigenvalue weighted by molar-refractivity contribution is 0.186. The van der Waals surface area contributed by atoms with E-state index in [1.165, 1.54) is 4.88 Å². The summed E-state index contributed by atoms with van der Waals surface area (Å²) in [6.45, 7) is 6.37. The van der Waals surface area contributed by atoms with E-state index < -0.39 is 0 Å². The van der Waals surface area contributed by atoms with Gasteiger partial charge in [-0.05, 0) is 36.9 Å². The zero-order valence-corrected chi connectivity index (χ0v) is 11.4. The summed E-state index contributed by atoms with van der Waals surface area (Å²) in [6.07, 6.45) is 1.01. The van der Waals surface area contributed by atoms with Crippen molar-refractivity contribution in [3.63, 3.8) is 0 Å². The van der Waals surface area contributed by atoms with Crippen LogP contribution in [-0.2, 0) is 6.42 Å². The number of halogens is 1. The summed E-state index contributed by atoms with van der Waals surface area (Å²) in [5.74, 6) is 0.876. The Morgan fingerprint density at radius 3 is 2.69 bits per heavy atom. The Morgan fingerprint density at radius 1 is 1.44 bits per heavy atom. The SMILES string of the molecule is CC(C)C(CO)CNCCc1ccc(Cl)s1. The minimum Gasteiger partial charge on any atom is -0.396 e. The number of rotatable bonds is 7. The second-order valence-electron chi connectivity index (χ2n) is 4.35. The lowest BCUT2D eigenvalue weighted by atomic mass is 9.97. The maximum atomic E-state index is 9.16. The summed E-state index contributed by atoms with van der Waals surface area (Å²) in [6, 6.07) is 4.01. The Bertz CT molecular complexity index is 301. The summed E-state index contributed by atoms with van der Waals surface area (Å²) >= 11 is 7.49. The van der Waals surface area contributed by atoms with Crippen molar-refractivity contribution in [3.8, 4) is 0 Å². The molecule has 0 spiro atoms. The van der Waals surface area contributed by atoms with Crippen molar-refractivity contribution in [3.05, 3.63) is 21.3 Å². The highest BCUT2D eigenvalue weighted by Gasteiger charge is 2.10. The normalized spacial score (nSPS) is 13.3. The van der Waals surface area contributed by atoms with Gasteiger partial charge >= 0.3 is 0 Å². The van der Waals surface area contributed by atoms with Crippen LogP contribution >= 0.6 is 22.9 Å². The number of nitrogens with one attached hydrogen (secondary N) is 1. The Balaban J connectivity index is 2.16. The van der Waals surface area contributed by atoms with E-state index in [0.29, 0.717) is 11.8 Å². The second-order valence-corrected chi connectivity index (χ2v) is 6.15. The van der Waals surface area contributed by atoms with Crippen molar-refractivity contribution in [2.75, 3.05) is 19.7 Å². The fraction of sp³-hybridized carbons (Fsp3) is 0.667. The van der Waals surface area contributed by atoms with Gasteiger partial charge in [-0.25, -0.2) is 0 Å². The fourth-order valence-corrected chi connectivity index (χ4v) is 2.58. The number of aliphatic hydroxyl groups is 1. The van der Waals surface area contributed by atoms with Gasteiger partial charge in [0.1, 0.15) is 0 Å². The maximum absolute atomic E-state index is 9.16. The first-order chi connectivity index (χ1) is 7.63. The number of hydrogen-bond acceptors (Lipinski definition) is 3. The van der Waals surface area contributed by atoms with Crippen LogP contribution in [0.2, 0.25) is 4.34 Å². The molecule has 16 heavy (non-hydrogen) atoms. The molecule has 92 valence electrons. The van der Waals surface area contributed by atoms with Crippen molar-refractivity contribution >= 4 is 22.9 Å². The third-order valence-corrected chi connectivity index (χ3v) is 4.05. The van der Waals surface area contributed by atoms with Gasteiger partial charge < -0.3 is 10.4 Å². The molecule has 0 aliphatic carbocycles. The lowest BCUT2D eigenvalue weighted by Gasteiger charge is -2.18. The first kappa shape index (κ1) is 14.0. The third-order valence-electron chi connectivity index (χ3n) is 2.76. The van der Waals surface area contributed by atoms with E-state index in [2.05, 4.69) is 25.2 Å². The molecular formula is C12H20ClNOS. The lowest BCUT2D eigenvalue weighted by Crippen LogP contribution is -2.29. The molecule has 1 atom stereocenters. The minimum absolute atomic E-state index is 0.259. The maximum Gasteiger partial charge on any atom is 0.0931 e. The molecule has 2 N–H and O–H groups in total. The molecule has 1 rings (SSSR count). The average Bonchev–Trinajstić information content (AvgIpc) is 2.64. The van der Waals surface area contributed by atoms with E-state index >= 15 is 0 Å². The zero-order chi connectivity index (χ0) is 12.0. The Hall–Kier alpha value is -0.0900. The van der Waals surface area contributed by atoms with Gasteiger partial charge in [-0.15, -0.1) is 11.3 Å². The van der Waals surface area contributed by atoms with Gasteiger partial charge in [0.25, 0.3) is 0 Å². The summed E-state index contributed by atoms with van der Waals surface area (Å²) in [5, 5.41) is 12.5. The van der Waals surface area contributed by atoms with Gasteiger partial charge in [-0.3, -0.25) is 0 Å². The quantitative estimate of drug-likeness (QED) is 0.740. The summed E-state index contributed by atoms with van der Waals surface area (Å²) in [5.41, 5.74) is 0. The Labute approximate surface area is 107 Å². The predicted molar refractivity (Wildman–Crippen MR) is 71.3 cm³/mol. The van der Waals surface area contributed by atoms with Crippen LogP contribution in [0.4, 0.5) is 0 Å². The first-order valence-electron chi connectivity index (χ1n) is 5.69. The van der Waals surface area contributed by atoms with Crippen molar-refractivity contribution in [1.82, 2.24) is 5.32 Å². The molecule has 1 aromatic rings. The van der Waals surface area contributed by atoms with E-state index in [4.69, 9.17) is 16.7 Å². The number of thiophene rings is 1. The van der Waals surface area contributed by atoms with Crippen LogP contribution in [0.15, 0.2) is 12.1 Å². The van der Waals surface area contributed by atoms with Gasteiger partial charge in [0.05, 0.1) is 4.34 Å². The molecule has 1 heterocycles. The van der Waals surface area contributed by atoms with Gasteiger partial charge in [0.15, 0.2) is 0 Å². The topological polar surface area (TPSA) is 32.3 Å². The van der Waals surface area contributed by atoms with Gasteiger partial charge in [0.2, 0.25) is 0 Å². The molecule has 0 aromatic carbocycles. The molecule has 0 fully saturated rings. The average molecular weight is 262 g/mol. The van der Waals surface area contributed by atoms with E-state index in [1.807, 2.05) is 6.07 Å². The van der Waals surface area contributed by atoms with E-state index in [9.17, 15) is 0 Å². The van der Waals surface area contributed by atoms with Gasteiger partial charge in [-0.2, -0.15) is 0 Å². The van der Waals surface area contributed by atoms with Crippen LogP contribution in [0, 0.1) is 11.8 Å². The number of hydrogen-bond donors (Lipinski definition) is 2. The smallest absolute Gasteiger partial charge is 0.0931 e. The third kappa shape index (κ3) is 4.83. The highest BCUT2D eigenvalue weighted by atomic mass is 35.5. The van der Waals surface area contributed by atoms with Crippen LogP contribution < -0.4 is 5.32 Å². The van der Waals surface area contributed by atoms with E-state index in [1.54, 1.807) is 11.3 Å². The largest absolute Gasteiger partial charge is 0.396 e. The standard InChI is InChI=1S/C12H20ClNOS/c1-9(2)10(8-15)7-14-6-5-11-3-4-12(13)16-11/h3-4,9-10,14-15H,5-8H2,1-2H3. The number of aliphatic hydroxyl groups excluding tert-OH is 1. The summed E-state index contributed by atoms with van der Waals surface area (Å²) in [4.78, 5) is 1.31. The molecule has 0 amide bonds. The van der Waals surface area contributed by atoms with Gasteiger partial charge in [0, 0.05) is 18.0 Å². The van der Waals surface area contributed by atoms with Crippen LogP contribution in [0.5, 0.6) is 0 Å². The minimum atomic E-state index is 0.259. The van der Waals surface area contributed by atoms with E-state index in [0.717, 1.165) is 23.8 Å². The van der Waals surface area contributed by atoms with Crippen molar-refractivity contribution < 1.29 is 5.11 Å². The van der Waals surface area contributed by atoms with Crippen LogP contribution in [0.3, 0.4) is 0 Å². The predicted octanol–water partition coefficient (Wildman–Crippen LogP) is 2.80. The fourth-order valence-electron chi connectivity index (χ4n) is 1.50. The summed E-state index contributed by atoms with van der Waals surface area (Å²) < 4.78 is 0.852. The molecule has 0 saturated carbocycles. The van der Waals surface area contributed by atoms with Crippen molar-refractivity contribution in [1.29, 1.82) is 0 Å². The molecule has 1 unspecified atom stereocenters. The van der Waals surface area contributed by atoms with Crippen molar-refractivity contribution in [2.45, 2.75) is 20.3 Å². The molecular weight excluding hydrogens is 242 g/mol. The van der Waals surface area contributed by atoms with Crippen LogP contribution in [-0.4, -0.2) is 24.8 Å². The molecule has 0 bridgehead atoms. The van der Waals surface area contributed by atoms with Crippen LogP contribution in [0.25, 0.3) is 0 Å². The Morgan fingerprint density at radius 2 is 2.19 bits per heavy atom. The molecule has 1 aromatic heterocycles. The van der Waals surface area contributed by atoms with Crippen LogP contribution in [0.1, 0.15) is 18.7 Å². The second kappa shape index (κ2) is 7.28. The molecule has 0 radical (unpaired) electrons. The van der Waals surface area contributed by atoms with Crippen molar-refractivity contribution in [2.24, 2.45) is 11.8 Å². The zero-order valence-electron chi connectivity index (χ0n) is 9.87. The van der Waals surface area contributed by atoms with E-state index in [-0.39, 0.29) is 6.61 Å². The first-order valence-corrected chi connectivity index (χ1v) is 6.88. The Kier molecular flexibility index (Phi) is 6.36. The highest BCUT2D eigenvalue weighted by molar-refractivity contribution is 7.16.